The molecule has 0 rings (SSSR count). The number of hydrogen-bond donors (Lipinski definition) is 0. The maximum absolute atomic E-state index is 12.8. The zero-order valence-electron chi connectivity index (χ0n) is 45.3. The number of quaternary nitrogens is 1. The second kappa shape index (κ2) is 50.7. The Kier molecular flexibility index (Phi) is 48.7. The molecule has 8 nitrogen and oxygen atoms in total. The van der Waals surface area contributed by atoms with Gasteiger partial charge in [0.15, 0.2) is 6.10 Å². The molecule has 0 bridgehead atoms. The lowest BCUT2D eigenvalue weighted by Crippen LogP contribution is -2.55. The van der Waals surface area contributed by atoms with Gasteiger partial charge in [-0.15, -0.1) is 0 Å². The van der Waals surface area contributed by atoms with Gasteiger partial charge in [-0.25, -0.2) is 0 Å². The smallest absolute Gasteiger partial charge is 0.306 e. The van der Waals surface area contributed by atoms with Crippen molar-refractivity contribution >= 4 is 17.9 Å². The van der Waals surface area contributed by atoms with Crippen LogP contribution in [0.25, 0.3) is 0 Å². The summed E-state index contributed by atoms with van der Waals surface area (Å²) in [6.07, 6.45) is 62.9. The minimum absolute atomic E-state index is 0.0380. The Morgan fingerprint density at radius 2 is 0.779 bits per heavy atom. The fourth-order valence-corrected chi connectivity index (χ4v) is 8.49. The quantitative estimate of drug-likeness (QED) is 0.0259. The third-order valence-electron chi connectivity index (χ3n) is 12.9. The van der Waals surface area contributed by atoms with Gasteiger partial charge in [0.1, 0.15) is 12.6 Å². The monoisotopic (exact) mass is 956 g/mol. The maximum Gasteiger partial charge on any atom is 0.306 e. The maximum atomic E-state index is 12.8. The third-order valence-corrected chi connectivity index (χ3v) is 12.9. The van der Waals surface area contributed by atoms with Crippen LogP contribution in [-0.4, -0.2) is 75.5 Å². The molecule has 0 spiro atoms. The van der Waals surface area contributed by atoms with Crippen LogP contribution < -0.4 is 5.11 Å². The largest absolute Gasteiger partial charge is 0.544 e. The molecule has 0 N–H and O–H groups in total. The number of nitrogens with zero attached hydrogens (tertiary/aromatic N) is 1. The Morgan fingerprint density at radius 1 is 0.441 bits per heavy atom. The van der Waals surface area contributed by atoms with Gasteiger partial charge in [-0.3, -0.25) is 9.59 Å². The topological polar surface area (TPSA) is 102 Å². The highest BCUT2D eigenvalue weighted by Crippen LogP contribution is 2.16. The van der Waals surface area contributed by atoms with E-state index in [-0.39, 0.29) is 42.7 Å². The number of carboxylic acids is 1. The lowest BCUT2D eigenvalue weighted by Gasteiger charge is -2.34. The van der Waals surface area contributed by atoms with E-state index < -0.39 is 18.1 Å². The standard InChI is InChI=1S/C60H109NO7/c1-6-8-10-12-14-16-18-20-22-24-26-28-30-32-34-36-38-40-42-44-46-48-50-58(62)67-55-56(54-66-53-52-57(60(64)65)61(3,4)5)68-59(63)51-49-47-45-43-41-39-37-35-33-31-29-27-25-23-21-19-17-15-13-11-9-7-2/h14,16,20,22,26,28,31,33,56-57H,6-13,15,17-19,21,23-25,27,29-30,32,34-55H2,1-5H3/b16-14+,22-20+,28-26+,33-31+. The fraction of sp³-hybridized carbons (Fsp3) is 0.817. The van der Waals surface area contributed by atoms with Crippen LogP contribution in [0.5, 0.6) is 0 Å². The van der Waals surface area contributed by atoms with Crippen molar-refractivity contribution in [2.75, 3.05) is 41.0 Å². The summed E-state index contributed by atoms with van der Waals surface area (Å²) < 4.78 is 17.3. The lowest BCUT2D eigenvalue weighted by atomic mass is 10.0. The molecule has 0 saturated heterocycles. The summed E-state index contributed by atoms with van der Waals surface area (Å²) in [5, 5.41) is 11.7. The van der Waals surface area contributed by atoms with Crippen molar-refractivity contribution in [2.24, 2.45) is 0 Å². The minimum Gasteiger partial charge on any atom is -0.544 e. The van der Waals surface area contributed by atoms with Gasteiger partial charge in [0.25, 0.3) is 0 Å². The molecule has 0 aromatic carbocycles. The second-order valence-corrected chi connectivity index (χ2v) is 20.5. The highest BCUT2D eigenvalue weighted by molar-refractivity contribution is 5.70. The normalized spacial score (nSPS) is 13.1. The number of aliphatic carboxylic acids is 1. The molecule has 0 saturated carbocycles. The van der Waals surface area contributed by atoms with Crippen LogP contribution in [0.3, 0.4) is 0 Å². The van der Waals surface area contributed by atoms with Crippen LogP contribution in [-0.2, 0) is 28.6 Å². The number of carbonyl (C=O) groups excluding carboxylic acids is 3. The molecule has 0 aromatic heterocycles. The Bertz CT molecular complexity index is 1250. The molecule has 396 valence electrons. The summed E-state index contributed by atoms with van der Waals surface area (Å²) >= 11 is 0. The molecule has 0 fully saturated rings. The molecule has 0 heterocycles. The predicted molar refractivity (Wildman–Crippen MR) is 286 cm³/mol. The summed E-state index contributed by atoms with van der Waals surface area (Å²) in [5.41, 5.74) is 0. The average molecular weight is 957 g/mol. The van der Waals surface area contributed by atoms with Crippen LogP contribution in [0, 0.1) is 0 Å². The van der Waals surface area contributed by atoms with Gasteiger partial charge >= 0.3 is 11.9 Å². The molecule has 2 atom stereocenters. The van der Waals surface area contributed by atoms with Crippen molar-refractivity contribution in [3.8, 4) is 0 Å². The number of carboxylic acid groups (broad SMARTS) is 1. The van der Waals surface area contributed by atoms with E-state index >= 15 is 0 Å². The van der Waals surface area contributed by atoms with Crippen molar-refractivity contribution in [3.05, 3.63) is 48.6 Å². The van der Waals surface area contributed by atoms with Gasteiger partial charge in [-0.05, 0) is 77.0 Å². The molecule has 0 aromatic rings. The molecule has 0 aliphatic carbocycles. The number of hydrogen-bond acceptors (Lipinski definition) is 7. The number of allylic oxidation sites excluding steroid dienone is 8. The average Bonchev–Trinajstić information content (AvgIpc) is 3.30. The van der Waals surface area contributed by atoms with Gasteiger partial charge in [0.2, 0.25) is 0 Å². The number of unbranched alkanes of at least 4 members (excludes halogenated alkanes) is 30. The number of esters is 2. The molecule has 0 radical (unpaired) electrons. The molecule has 0 aliphatic heterocycles. The molecule has 68 heavy (non-hydrogen) atoms. The highest BCUT2D eigenvalue weighted by Gasteiger charge is 2.25. The number of likely N-dealkylation sites (N-methyl/N-ethyl adjacent to an activating group) is 1. The summed E-state index contributed by atoms with van der Waals surface area (Å²) in [5.74, 6) is -1.74. The number of rotatable bonds is 52. The van der Waals surface area contributed by atoms with Crippen molar-refractivity contribution in [1.82, 2.24) is 0 Å². The van der Waals surface area contributed by atoms with Crippen molar-refractivity contribution in [3.63, 3.8) is 0 Å². The molecule has 0 amide bonds. The van der Waals surface area contributed by atoms with Gasteiger partial charge in [-0.1, -0.05) is 217 Å². The van der Waals surface area contributed by atoms with E-state index in [9.17, 15) is 19.5 Å². The number of carbonyl (C=O) groups is 3. The minimum atomic E-state index is -1.12. The third kappa shape index (κ3) is 48.3. The van der Waals surface area contributed by atoms with Crippen LogP contribution in [0.15, 0.2) is 48.6 Å². The van der Waals surface area contributed by atoms with E-state index in [1.165, 1.54) is 173 Å². The van der Waals surface area contributed by atoms with Crippen molar-refractivity contribution < 1.29 is 38.2 Å². The van der Waals surface area contributed by atoms with E-state index in [1.807, 2.05) is 21.1 Å². The van der Waals surface area contributed by atoms with E-state index in [4.69, 9.17) is 14.2 Å². The Labute approximate surface area is 420 Å². The van der Waals surface area contributed by atoms with Gasteiger partial charge < -0.3 is 28.6 Å². The molecular formula is C60H109NO7. The molecule has 8 heteroatoms. The fourth-order valence-electron chi connectivity index (χ4n) is 8.49. The first-order valence-electron chi connectivity index (χ1n) is 28.7. The van der Waals surface area contributed by atoms with Crippen LogP contribution in [0.1, 0.15) is 264 Å². The Morgan fingerprint density at radius 3 is 1.19 bits per heavy atom. The lowest BCUT2D eigenvalue weighted by molar-refractivity contribution is -0.889. The zero-order chi connectivity index (χ0) is 49.9. The predicted octanol–water partition coefficient (Wildman–Crippen LogP) is 15.8. The first kappa shape index (κ1) is 65.3. The summed E-state index contributed by atoms with van der Waals surface area (Å²) in [6, 6.07) is -0.729. The van der Waals surface area contributed by atoms with Gasteiger partial charge in [0.05, 0.1) is 40.3 Å². The van der Waals surface area contributed by atoms with E-state index in [0.717, 1.165) is 57.8 Å². The first-order chi connectivity index (χ1) is 33.1. The summed E-state index contributed by atoms with van der Waals surface area (Å²) in [6.45, 7) is 4.66. The van der Waals surface area contributed by atoms with Gasteiger partial charge in [-0.2, -0.15) is 0 Å². The molecular weight excluding hydrogens is 847 g/mol. The first-order valence-corrected chi connectivity index (χ1v) is 28.7. The Hall–Kier alpha value is -2.71. The van der Waals surface area contributed by atoms with Crippen molar-refractivity contribution in [1.29, 1.82) is 0 Å². The van der Waals surface area contributed by atoms with Crippen LogP contribution in [0.4, 0.5) is 0 Å². The SMILES string of the molecule is CCCCC/C=C/C/C=C/C/C=C/CCCCCCCCCCCC(=O)OCC(COCCC(C(=O)[O-])[N+](C)(C)C)OC(=O)CCCCCCCCC/C=C/CCCCCCCCCCCCC. The highest BCUT2D eigenvalue weighted by atomic mass is 16.6. The van der Waals surface area contributed by atoms with Gasteiger partial charge in [0, 0.05) is 19.3 Å². The summed E-state index contributed by atoms with van der Waals surface area (Å²) in [4.78, 5) is 37.2. The Balaban J connectivity index is 4.19. The number of ether oxygens (including phenoxy) is 3. The molecule has 2 unspecified atom stereocenters. The van der Waals surface area contributed by atoms with Crippen molar-refractivity contribution in [2.45, 2.75) is 276 Å². The van der Waals surface area contributed by atoms with E-state index in [0.29, 0.717) is 12.8 Å². The van der Waals surface area contributed by atoms with E-state index in [1.54, 1.807) is 0 Å². The van der Waals surface area contributed by atoms with E-state index in [2.05, 4.69) is 62.5 Å². The summed E-state index contributed by atoms with van der Waals surface area (Å²) in [7, 11) is 5.42. The zero-order valence-corrected chi connectivity index (χ0v) is 45.3. The molecule has 0 aliphatic rings. The van der Waals surface area contributed by atoms with Crippen LogP contribution >= 0.6 is 0 Å². The van der Waals surface area contributed by atoms with Crippen LogP contribution in [0.2, 0.25) is 0 Å². The second-order valence-electron chi connectivity index (χ2n) is 20.5.